The number of rotatable bonds is 11. The highest BCUT2D eigenvalue weighted by molar-refractivity contribution is 6.54. The van der Waals surface area contributed by atoms with E-state index in [2.05, 4.69) is 15.0 Å². The summed E-state index contributed by atoms with van der Waals surface area (Å²) in [6.07, 6.45) is 3.12. The van der Waals surface area contributed by atoms with Gasteiger partial charge >= 0.3 is 5.97 Å². The van der Waals surface area contributed by atoms with Crippen molar-refractivity contribution in [2.75, 3.05) is 69.7 Å². The fraction of sp³-hybridized carbons (Fsp3) is 0.282. The first-order chi connectivity index (χ1) is 26.9. The highest BCUT2D eigenvalue weighted by Crippen LogP contribution is 2.39. The topological polar surface area (TPSA) is 178 Å². The minimum absolute atomic E-state index is 0.00793. The third kappa shape index (κ3) is 6.92. The monoisotopic (exact) mass is 768 g/mol. The Balaban J connectivity index is 1.09. The number of nitrogens with two attached hydrogens (primary N) is 1. The Hall–Kier alpha value is -6.62. The number of aliphatic imine (C=N–C) groups is 1. The number of carboxylic acid groups (broad SMARTS) is 1. The zero-order chi connectivity index (χ0) is 39.8. The van der Waals surface area contributed by atoms with Crippen LogP contribution in [0.1, 0.15) is 34.0 Å². The molecule has 1 saturated heterocycles. The summed E-state index contributed by atoms with van der Waals surface area (Å²) in [6.45, 7) is 3.98. The maximum atomic E-state index is 15.5. The number of nitrogen functional groups attached to an aromatic ring is 1. The molecule has 2 aliphatic rings. The van der Waals surface area contributed by atoms with Crippen LogP contribution in [0.5, 0.6) is 17.2 Å². The number of ether oxygens (including phenoxy) is 3. The lowest BCUT2D eigenvalue weighted by Gasteiger charge is -2.38. The van der Waals surface area contributed by atoms with Crippen LogP contribution in [0, 0.1) is 11.6 Å². The number of aromatic nitrogens is 3. The molecule has 290 valence electrons. The number of anilines is 3. The van der Waals surface area contributed by atoms with Crippen LogP contribution in [-0.2, 0) is 17.8 Å². The maximum absolute atomic E-state index is 15.5. The number of piperazine rings is 1. The Morgan fingerprint density at radius 2 is 1.68 bits per heavy atom. The number of carbonyl (C=O) groups excluding carboxylic acids is 1. The number of hydrogen-bond donors (Lipinski definition) is 2. The summed E-state index contributed by atoms with van der Waals surface area (Å²) in [5, 5.41) is 9.47. The van der Waals surface area contributed by atoms with E-state index in [1.54, 1.807) is 29.7 Å². The molecule has 0 spiro atoms. The third-order valence-corrected chi connectivity index (χ3v) is 9.94. The largest absolute Gasteiger partial charge is 0.493 e. The van der Waals surface area contributed by atoms with Crippen molar-refractivity contribution < 1.29 is 37.7 Å². The number of aryl methyl sites for hydroxylation is 1. The molecular weight excluding hydrogens is 730 g/mol. The van der Waals surface area contributed by atoms with Crippen molar-refractivity contribution in [3.8, 4) is 17.2 Å². The van der Waals surface area contributed by atoms with Crippen molar-refractivity contribution in [3.63, 3.8) is 0 Å². The second-order valence-corrected chi connectivity index (χ2v) is 13.2. The molecule has 17 heteroatoms. The van der Waals surface area contributed by atoms with Gasteiger partial charge in [0.25, 0.3) is 11.9 Å². The van der Waals surface area contributed by atoms with Crippen LogP contribution < -0.4 is 35.2 Å². The lowest BCUT2D eigenvalue weighted by Crippen LogP contribution is -2.51. The third-order valence-electron chi connectivity index (χ3n) is 9.94. The standard InChI is InChI=1S/C39H38F2N8O7/c1-5-47-19-26(38(52)53)34(50)25-16-27(41)30(17-29(25)47)48-10-8-46(9-11-48)20-49-28-7-6-23(40)15-24(28)33(37(49)51)44-39-43-18-22(36(42)45-39)12-21-13-31(54-2)35(56-4)32(14-21)55-3/h6-7,13-19H,5,8-12,20H2,1-4H3,(H,52,53)(H2,42,43,45). The van der Waals surface area contributed by atoms with Crippen molar-refractivity contribution in [2.45, 2.75) is 19.9 Å². The van der Waals surface area contributed by atoms with E-state index in [1.807, 2.05) is 9.80 Å². The summed E-state index contributed by atoms with van der Waals surface area (Å²) >= 11 is 0. The van der Waals surface area contributed by atoms with Gasteiger partial charge in [-0.25, -0.2) is 23.6 Å². The van der Waals surface area contributed by atoms with E-state index >= 15 is 4.39 Å². The Kier molecular flexibility index (Phi) is 10.3. The number of fused-ring (bicyclic) bond motifs is 2. The van der Waals surface area contributed by atoms with Crippen LogP contribution >= 0.6 is 0 Å². The van der Waals surface area contributed by atoms with Crippen LogP contribution in [0.4, 0.5) is 31.9 Å². The van der Waals surface area contributed by atoms with Crippen LogP contribution in [0.3, 0.4) is 0 Å². The quantitative estimate of drug-likeness (QED) is 0.196. The highest BCUT2D eigenvalue weighted by Gasteiger charge is 2.36. The number of carbonyl (C=O) groups is 2. The fourth-order valence-corrected chi connectivity index (χ4v) is 7.08. The minimum Gasteiger partial charge on any atom is -0.493 e. The van der Waals surface area contributed by atoms with Gasteiger partial charge in [0.1, 0.15) is 28.7 Å². The number of halogens is 2. The van der Waals surface area contributed by atoms with Crippen LogP contribution in [0.2, 0.25) is 0 Å². The highest BCUT2D eigenvalue weighted by atomic mass is 19.1. The average Bonchev–Trinajstić information content (AvgIpc) is 3.43. The molecule has 4 heterocycles. The Morgan fingerprint density at radius 3 is 2.30 bits per heavy atom. The molecule has 1 amide bonds. The lowest BCUT2D eigenvalue weighted by atomic mass is 10.1. The number of hydrogen-bond acceptors (Lipinski definition) is 12. The molecule has 0 aliphatic carbocycles. The van der Waals surface area contributed by atoms with Gasteiger partial charge in [0.15, 0.2) is 11.5 Å². The molecule has 0 saturated carbocycles. The first kappa shape index (κ1) is 37.7. The minimum atomic E-state index is -1.38. The Morgan fingerprint density at radius 1 is 0.964 bits per heavy atom. The summed E-state index contributed by atoms with van der Waals surface area (Å²) in [5.41, 5.74) is 7.96. The van der Waals surface area contributed by atoms with Gasteiger partial charge in [0.2, 0.25) is 11.2 Å². The number of aromatic carboxylic acids is 1. The number of nitrogens with zero attached hydrogens (tertiary/aromatic N) is 7. The average molecular weight is 769 g/mol. The number of amides is 1. The molecule has 2 aliphatic heterocycles. The first-order valence-corrected chi connectivity index (χ1v) is 17.6. The number of methoxy groups -OCH3 is 3. The predicted octanol–water partition coefficient (Wildman–Crippen LogP) is 4.23. The molecule has 0 bridgehead atoms. The van der Waals surface area contributed by atoms with E-state index in [-0.39, 0.29) is 40.8 Å². The zero-order valence-electron chi connectivity index (χ0n) is 31.0. The molecule has 3 aromatic carbocycles. The van der Waals surface area contributed by atoms with E-state index in [1.165, 1.54) is 56.8 Å². The van der Waals surface area contributed by atoms with Gasteiger partial charge in [-0.3, -0.25) is 19.4 Å². The molecule has 2 aromatic heterocycles. The zero-order valence-corrected chi connectivity index (χ0v) is 31.0. The van der Waals surface area contributed by atoms with E-state index in [0.29, 0.717) is 73.2 Å². The van der Waals surface area contributed by atoms with Gasteiger partial charge in [-0.15, -0.1) is 0 Å². The smallest absolute Gasteiger partial charge is 0.341 e. The van der Waals surface area contributed by atoms with Crippen molar-refractivity contribution >= 4 is 51.6 Å². The van der Waals surface area contributed by atoms with E-state index in [4.69, 9.17) is 19.9 Å². The Labute approximate surface area is 319 Å². The molecule has 7 rings (SSSR count). The lowest BCUT2D eigenvalue weighted by molar-refractivity contribution is -0.112. The molecule has 5 aromatic rings. The molecule has 0 radical (unpaired) electrons. The maximum Gasteiger partial charge on any atom is 0.341 e. The van der Waals surface area contributed by atoms with Gasteiger partial charge in [-0.1, -0.05) is 0 Å². The molecule has 15 nitrogen and oxygen atoms in total. The second-order valence-electron chi connectivity index (χ2n) is 13.2. The van der Waals surface area contributed by atoms with E-state index < -0.39 is 34.5 Å². The SMILES string of the molecule is CCn1cc(C(=O)O)c(=O)c2cc(F)c(N3CCN(CN4C(=O)C(=Nc5ncc(Cc6cc(OC)c(OC)c(OC)c6)c(N)n5)c5cc(F)ccc54)CC3)cc21. The van der Waals surface area contributed by atoms with Crippen molar-refractivity contribution in [1.29, 1.82) is 0 Å². The normalized spacial score (nSPS) is 15.1. The molecular formula is C39H38F2N8O7. The molecule has 3 N–H and O–H groups in total. The van der Waals surface area contributed by atoms with Crippen molar-refractivity contribution in [2.24, 2.45) is 4.99 Å². The van der Waals surface area contributed by atoms with Gasteiger partial charge in [-0.2, -0.15) is 4.98 Å². The molecule has 1 fully saturated rings. The van der Waals surface area contributed by atoms with Crippen LogP contribution in [0.25, 0.3) is 10.9 Å². The summed E-state index contributed by atoms with van der Waals surface area (Å²) in [4.78, 5) is 56.9. The summed E-state index contributed by atoms with van der Waals surface area (Å²) in [6, 6.07) is 10.3. The van der Waals surface area contributed by atoms with Crippen molar-refractivity contribution in [3.05, 3.63) is 99.0 Å². The molecule has 0 unspecified atom stereocenters. The second kappa shape index (κ2) is 15.3. The summed E-state index contributed by atoms with van der Waals surface area (Å²) in [7, 11) is 4.56. The Bertz CT molecular complexity index is 2460. The van der Waals surface area contributed by atoms with Crippen LogP contribution in [-0.4, -0.2) is 96.3 Å². The fourth-order valence-electron chi connectivity index (χ4n) is 7.08. The first-order valence-electron chi connectivity index (χ1n) is 17.6. The predicted molar refractivity (Wildman–Crippen MR) is 205 cm³/mol. The number of benzene rings is 3. The van der Waals surface area contributed by atoms with Gasteiger partial charge in [0, 0.05) is 68.1 Å². The van der Waals surface area contributed by atoms with Crippen LogP contribution in [0.15, 0.2) is 64.6 Å². The van der Waals surface area contributed by atoms with Crippen molar-refractivity contribution in [1.82, 2.24) is 19.4 Å². The summed E-state index contributed by atoms with van der Waals surface area (Å²) in [5.74, 6) is -1.58. The van der Waals surface area contributed by atoms with Gasteiger partial charge in [-0.05, 0) is 55.0 Å². The van der Waals surface area contributed by atoms with Gasteiger partial charge in [0.05, 0.1) is 44.9 Å². The van der Waals surface area contributed by atoms with E-state index in [9.17, 15) is 23.9 Å². The number of carboxylic acids is 1. The van der Waals surface area contributed by atoms with Gasteiger partial charge < -0.3 is 34.5 Å². The summed E-state index contributed by atoms with van der Waals surface area (Å²) < 4.78 is 48.0. The molecule has 56 heavy (non-hydrogen) atoms. The number of pyridine rings is 1. The van der Waals surface area contributed by atoms with E-state index in [0.717, 1.165) is 11.6 Å². The molecule has 0 atom stereocenters.